The number of benzene rings is 2. The molecule has 5 nitrogen and oxygen atoms in total. The maximum absolute atomic E-state index is 14.7. The minimum absolute atomic E-state index is 0.0867. The Kier molecular flexibility index (Phi) is 6.89. The number of amides is 1. The number of nitrogens with zero attached hydrogens (tertiary/aromatic N) is 3. The van der Waals surface area contributed by atoms with Crippen LogP contribution in [-0.2, 0) is 4.79 Å². The number of thioether (sulfide) groups is 1. The molecule has 32 heavy (non-hydrogen) atoms. The normalized spacial score (nSPS) is 20.8. The van der Waals surface area contributed by atoms with Crippen LogP contribution in [0.1, 0.15) is 33.1 Å². The second-order valence-electron chi connectivity index (χ2n) is 8.33. The van der Waals surface area contributed by atoms with E-state index in [-0.39, 0.29) is 23.4 Å². The molecule has 0 radical (unpaired) electrons. The number of hydrogen-bond acceptors (Lipinski definition) is 4. The van der Waals surface area contributed by atoms with Crippen LogP contribution in [-0.4, -0.2) is 32.5 Å². The van der Waals surface area contributed by atoms with E-state index in [2.05, 4.69) is 29.4 Å². The molecule has 0 unspecified atom stereocenters. The van der Waals surface area contributed by atoms with Crippen molar-refractivity contribution in [2.45, 2.75) is 44.3 Å². The van der Waals surface area contributed by atoms with Crippen LogP contribution in [0.15, 0.2) is 53.7 Å². The van der Waals surface area contributed by atoms with Crippen LogP contribution >= 0.6 is 11.8 Å². The van der Waals surface area contributed by atoms with Gasteiger partial charge in [0, 0.05) is 17.7 Å². The summed E-state index contributed by atoms with van der Waals surface area (Å²) < 4.78 is 29.7. The lowest BCUT2D eigenvalue weighted by Gasteiger charge is -2.34. The Labute approximate surface area is 190 Å². The topological polar surface area (TPSA) is 59.8 Å². The van der Waals surface area contributed by atoms with Gasteiger partial charge in [0.15, 0.2) is 11.0 Å². The summed E-state index contributed by atoms with van der Waals surface area (Å²) in [5, 5.41) is 12.0. The molecule has 0 spiro atoms. The highest BCUT2D eigenvalue weighted by Gasteiger charge is 2.28. The summed E-state index contributed by atoms with van der Waals surface area (Å²) in [5.74, 6) is 0.0975. The zero-order valence-electron chi connectivity index (χ0n) is 18.1. The van der Waals surface area contributed by atoms with Crippen molar-refractivity contribution >= 4 is 17.7 Å². The van der Waals surface area contributed by atoms with Gasteiger partial charge in [-0.15, -0.1) is 10.2 Å². The third-order valence-corrected chi connectivity index (χ3v) is 7.13. The van der Waals surface area contributed by atoms with E-state index >= 15 is 0 Å². The standard InChI is InChI=1S/C24H26F2N4OS/c1-15-7-6-10-20(16(15)2)27-22(31)14-32-24-29-28-23(17-8-4-3-5-9-17)30(24)21-12-11-18(25)13-19(21)26/h3-5,8-9,11-13,15-16,20H,6-7,10,14H2,1-2H3,(H,27,31)/t15-,16+,20+/m0/s1. The molecular weight excluding hydrogens is 430 g/mol. The number of hydrogen-bond donors (Lipinski definition) is 1. The summed E-state index contributed by atoms with van der Waals surface area (Å²) >= 11 is 1.19. The molecule has 1 saturated carbocycles. The van der Waals surface area contributed by atoms with Crippen molar-refractivity contribution in [3.63, 3.8) is 0 Å². The maximum atomic E-state index is 14.7. The molecule has 8 heteroatoms. The minimum atomic E-state index is -0.724. The number of carbonyl (C=O) groups excluding carboxylic acids is 1. The van der Waals surface area contributed by atoms with Gasteiger partial charge in [0.2, 0.25) is 5.91 Å². The predicted molar refractivity (Wildman–Crippen MR) is 122 cm³/mol. The van der Waals surface area contributed by atoms with Gasteiger partial charge in [-0.05, 0) is 30.4 Å². The van der Waals surface area contributed by atoms with Gasteiger partial charge in [-0.1, -0.05) is 68.8 Å². The van der Waals surface area contributed by atoms with Crippen molar-refractivity contribution in [2.24, 2.45) is 11.8 Å². The highest BCUT2D eigenvalue weighted by atomic mass is 32.2. The zero-order valence-corrected chi connectivity index (χ0v) is 18.9. The molecule has 3 atom stereocenters. The quantitative estimate of drug-likeness (QED) is 0.515. The molecule has 1 amide bonds. The Morgan fingerprint density at radius 2 is 1.91 bits per heavy atom. The first-order chi connectivity index (χ1) is 15.4. The van der Waals surface area contributed by atoms with Gasteiger partial charge in [0.1, 0.15) is 11.6 Å². The van der Waals surface area contributed by atoms with Crippen molar-refractivity contribution in [3.8, 4) is 17.1 Å². The molecule has 1 heterocycles. The van der Waals surface area contributed by atoms with E-state index in [1.807, 2.05) is 30.3 Å². The fourth-order valence-corrected chi connectivity index (χ4v) is 4.94. The van der Waals surface area contributed by atoms with Crippen LogP contribution in [0.25, 0.3) is 17.1 Å². The smallest absolute Gasteiger partial charge is 0.230 e. The lowest BCUT2D eigenvalue weighted by atomic mass is 9.78. The Balaban J connectivity index is 1.57. The summed E-state index contributed by atoms with van der Waals surface area (Å²) in [6.45, 7) is 4.41. The molecule has 168 valence electrons. The van der Waals surface area contributed by atoms with Crippen molar-refractivity contribution in [1.82, 2.24) is 20.1 Å². The third-order valence-electron chi connectivity index (χ3n) is 6.20. The van der Waals surface area contributed by atoms with Gasteiger partial charge < -0.3 is 5.32 Å². The monoisotopic (exact) mass is 456 g/mol. The van der Waals surface area contributed by atoms with Crippen molar-refractivity contribution in [3.05, 3.63) is 60.2 Å². The molecule has 1 aliphatic carbocycles. The van der Waals surface area contributed by atoms with Crippen LogP contribution in [0.2, 0.25) is 0 Å². The SMILES string of the molecule is C[C@@H]1[C@@H](C)CCC[C@H]1NC(=O)CSc1nnc(-c2ccccc2)n1-c1ccc(F)cc1F. The number of carbonyl (C=O) groups is 1. The molecule has 0 saturated heterocycles. The minimum Gasteiger partial charge on any atom is -0.352 e. The molecule has 0 bridgehead atoms. The second-order valence-corrected chi connectivity index (χ2v) is 9.28. The largest absolute Gasteiger partial charge is 0.352 e. The van der Waals surface area contributed by atoms with Crippen LogP contribution in [0.5, 0.6) is 0 Å². The van der Waals surface area contributed by atoms with Crippen molar-refractivity contribution in [2.75, 3.05) is 5.75 Å². The average molecular weight is 457 g/mol. The van der Waals surface area contributed by atoms with E-state index in [0.717, 1.165) is 24.5 Å². The molecule has 1 N–H and O–H groups in total. The predicted octanol–water partition coefficient (Wildman–Crippen LogP) is 5.25. The number of halogens is 2. The number of rotatable bonds is 6. The molecule has 3 aromatic rings. The Morgan fingerprint density at radius 3 is 2.66 bits per heavy atom. The van der Waals surface area contributed by atoms with Crippen LogP contribution in [0.3, 0.4) is 0 Å². The van der Waals surface area contributed by atoms with E-state index in [4.69, 9.17) is 0 Å². The fraction of sp³-hybridized carbons (Fsp3) is 0.375. The van der Waals surface area contributed by atoms with Gasteiger partial charge in [-0.3, -0.25) is 9.36 Å². The lowest BCUT2D eigenvalue weighted by molar-refractivity contribution is -0.120. The third kappa shape index (κ3) is 4.85. The summed E-state index contributed by atoms with van der Waals surface area (Å²) in [6.07, 6.45) is 3.29. The van der Waals surface area contributed by atoms with Crippen LogP contribution in [0.4, 0.5) is 8.78 Å². The molecule has 0 aliphatic heterocycles. The van der Waals surface area contributed by atoms with Crippen LogP contribution in [0, 0.1) is 23.5 Å². The Bertz CT molecular complexity index is 1090. The van der Waals surface area contributed by atoms with Gasteiger partial charge >= 0.3 is 0 Å². The van der Waals surface area contributed by atoms with Gasteiger partial charge in [-0.25, -0.2) is 8.78 Å². The summed E-state index contributed by atoms with van der Waals surface area (Å²) in [6, 6.07) is 12.8. The zero-order chi connectivity index (χ0) is 22.7. The second kappa shape index (κ2) is 9.81. The Morgan fingerprint density at radius 1 is 1.12 bits per heavy atom. The fourth-order valence-electron chi connectivity index (χ4n) is 4.18. The van der Waals surface area contributed by atoms with E-state index in [0.29, 0.717) is 22.8 Å². The first kappa shape index (κ1) is 22.5. The van der Waals surface area contributed by atoms with Crippen LogP contribution < -0.4 is 5.32 Å². The van der Waals surface area contributed by atoms with Crippen molar-refractivity contribution < 1.29 is 13.6 Å². The van der Waals surface area contributed by atoms with Gasteiger partial charge in [0.25, 0.3) is 0 Å². The lowest BCUT2D eigenvalue weighted by Crippen LogP contribution is -2.44. The highest BCUT2D eigenvalue weighted by molar-refractivity contribution is 7.99. The maximum Gasteiger partial charge on any atom is 0.230 e. The van der Waals surface area contributed by atoms with E-state index in [9.17, 15) is 13.6 Å². The number of aromatic nitrogens is 3. The highest BCUT2D eigenvalue weighted by Crippen LogP contribution is 2.31. The number of nitrogens with one attached hydrogen (secondary N) is 1. The Hall–Kier alpha value is -2.74. The first-order valence-corrected chi connectivity index (χ1v) is 11.8. The first-order valence-electron chi connectivity index (χ1n) is 10.8. The summed E-state index contributed by atoms with van der Waals surface area (Å²) in [7, 11) is 0. The van der Waals surface area contributed by atoms with Gasteiger partial charge in [-0.2, -0.15) is 0 Å². The molecule has 1 aromatic heterocycles. The van der Waals surface area contributed by atoms with E-state index < -0.39 is 11.6 Å². The average Bonchev–Trinajstić information content (AvgIpc) is 3.20. The molecule has 4 rings (SSSR count). The van der Waals surface area contributed by atoms with E-state index in [1.165, 1.54) is 34.9 Å². The molecule has 1 aliphatic rings. The molecule has 2 aromatic carbocycles. The summed E-state index contributed by atoms with van der Waals surface area (Å²) in [5.41, 5.74) is 0.873. The van der Waals surface area contributed by atoms with Crippen molar-refractivity contribution in [1.29, 1.82) is 0 Å². The molecule has 1 fully saturated rings. The molecular formula is C24H26F2N4OS. The van der Waals surface area contributed by atoms with Gasteiger partial charge in [0.05, 0.1) is 11.4 Å². The van der Waals surface area contributed by atoms with E-state index in [1.54, 1.807) is 0 Å². The summed E-state index contributed by atoms with van der Waals surface area (Å²) in [4.78, 5) is 12.7.